The van der Waals surface area contributed by atoms with Gasteiger partial charge in [-0.1, -0.05) is 11.3 Å². The average Bonchev–Trinajstić information content (AvgIpc) is 3.24. The van der Waals surface area contributed by atoms with E-state index in [9.17, 15) is 19.2 Å². The number of thiazole rings is 1. The van der Waals surface area contributed by atoms with E-state index >= 15 is 0 Å². The topological polar surface area (TPSA) is 107 Å². The van der Waals surface area contributed by atoms with Crippen molar-refractivity contribution in [1.82, 2.24) is 15.8 Å². The van der Waals surface area contributed by atoms with Crippen molar-refractivity contribution in [3.05, 3.63) is 39.6 Å². The van der Waals surface area contributed by atoms with Crippen molar-refractivity contribution in [3.63, 3.8) is 0 Å². The first-order chi connectivity index (χ1) is 13.9. The number of hydrogen-bond acceptors (Lipinski definition) is 7. The summed E-state index contributed by atoms with van der Waals surface area (Å²) in [5.74, 6) is -1.42. The second-order valence-corrected chi connectivity index (χ2v) is 8.25. The minimum atomic E-state index is -0.442. The van der Waals surface area contributed by atoms with Gasteiger partial charge in [0.15, 0.2) is 11.0 Å². The molecule has 0 atom stereocenters. The van der Waals surface area contributed by atoms with Crippen LogP contribution in [-0.2, 0) is 4.79 Å². The number of amides is 1. The molecule has 0 radical (unpaired) electrons. The van der Waals surface area contributed by atoms with Crippen molar-refractivity contribution in [2.75, 3.05) is 25.0 Å². The molecule has 1 aromatic carbocycles. The molecule has 3 N–H and O–H groups in total. The zero-order valence-corrected chi connectivity index (χ0v) is 17.9. The normalized spacial score (nSPS) is 15.3. The molecule has 0 saturated carbocycles. The van der Waals surface area contributed by atoms with Crippen LogP contribution in [0.25, 0.3) is 0 Å². The lowest BCUT2D eigenvalue weighted by atomic mass is 9.92. The summed E-state index contributed by atoms with van der Waals surface area (Å²) in [6.07, 6.45) is 2.65. The molecule has 8 nitrogen and oxygen atoms in total. The molecule has 2 heterocycles. The number of nitrogens with zero attached hydrogens (tertiary/aromatic N) is 3. The molecule has 154 valence electrons. The van der Waals surface area contributed by atoms with E-state index in [0.29, 0.717) is 36.5 Å². The first kappa shape index (κ1) is 21.3. The van der Waals surface area contributed by atoms with E-state index in [1.165, 1.54) is 35.7 Å². The quantitative estimate of drug-likeness (QED) is 0.342. The number of piperidine rings is 1. The molecule has 0 spiro atoms. The molecule has 1 fully saturated rings. The summed E-state index contributed by atoms with van der Waals surface area (Å²) >= 11 is 4.37. The van der Waals surface area contributed by atoms with E-state index in [-0.39, 0.29) is 27.9 Å². The molecule has 1 saturated heterocycles. The van der Waals surface area contributed by atoms with E-state index < -0.39 is 5.82 Å². The van der Waals surface area contributed by atoms with E-state index in [1.54, 1.807) is 7.05 Å². The number of anilines is 1. The number of benzene rings is 1. The predicted octanol–water partition coefficient (Wildman–Crippen LogP) is 2.90. The fourth-order valence-corrected chi connectivity index (χ4v) is 4.27. The van der Waals surface area contributed by atoms with Gasteiger partial charge in [0.25, 0.3) is 5.91 Å². The van der Waals surface area contributed by atoms with E-state index in [0.717, 1.165) is 5.13 Å². The van der Waals surface area contributed by atoms with Crippen LogP contribution in [0.3, 0.4) is 0 Å². The van der Waals surface area contributed by atoms with Crippen LogP contribution in [0.2, 0.25) is 0 Å². The van der Waals surface area contributed by atoms with E-state index in [4.69, 9.17) is 0 Å². The number of hydrogen-bond donors (Lipinski definition) is 3. The van der Waals surface area contributed by atoms with Gasteiger partial charge in [-0.2, -0.15) is 0 Å². The zero-order valence-electron chi connectivity index (χ0n) is 15.5. The smallest absolute Gasteiger partial charge is 0.262 e. The Bertz CT molecular complexity index is 943. The minimum absolute atomic E-state index is 0.180. The summed E-state index contributed by atoms with van der Waals surface area (Å²) in [5.41, 5.74) is 2.21. The van der Waals surface area contributed by atoms with Gasteiger partial charge in [-0.05, 0) is 47.0 Å². The van der Waals surface area contributed by atoms with Gasteiger partial charge in [0, 0.05) is 26.1 Å². The Balaban J connectivity index is 1.65. The van der Waals surface area contributed by atoms with Crippen LogP contribution in [0.4, 0.5) is 15.2 Å². The maximum Gasteiger partial charge on any atom is 0.262 e. The number of ketones is 1. The Hall–Kier alpha value is -2.37. The largest absolute Gasteiger partial charge is 0.354 e. The highest BCUT2D eigenvalue weighted by atomic mass is 79.9. The molecule has 3 rings (SSSR count). The standard InChI is InChI=1S/C18H19BrFN5O3S/c1-21-17(27)14-9-22-18(29-14)25-6-4-10(5-7-25)15(26)16(24-28)23-11-2-3-13(20)12(19)8-11/h2-3,8-10,28H,4-7H2,1H3,(H,21,27)(H,23,24). The predicted molar refractivity (Wildman–Crippen MR) is 112 cm³/mol. The van der Waals surface area contributed by atoms with Crippen LogP contribution in [0.5, 0.6) is 0 Å². The fourth-order valence-electron chi connectivity index (χ4n) is 2.98. The second kappa shape index (κ2) is 9.42. The van der Waals surface area contributed by atoms with Crippen molar-refractivity contribution < 1.29 is 19.2 Å². The third kappa shape index (κ3) is 4.98. The van der Waals surface area contributed by atoms with Gasteiger partial charge in [0.1, 0.15) is 10.7 Å². The maximum absolute atomic E-state index is 13.4. The molecule has 0 unspecified atom stereocenters. The van der Waals surface area contributed by atoms with Gasteiger partial charge in [-0.3, -0.25) is 14.8 Å². The van der Waals surface area contributed by atoms with Crippen LogP contribution in [0, 0.1) is 11.7 Å². The lowest BCUT2D eigenvalue weighted by molar-refractivity contribution is -0.117. The van der Waals surface area contributed by atoms with Crippen LogP contribution in [0.15, 0.2) is 33.9 Å². The fraction of sp³-hybridized carbons (Fsp3) is 0.333. The van der Waals surface area contributed by atoms with Gasteiger partial charge in [-0.15, -0.1) is 0 Å². The molecule has 1 aliphatic heterocycles. The number of halogens is 2. The monoisotopic (exact) mass is 483 g/mol. The third-order valence-electron chi connectivity index (χ3n) is 4.56. The third-order valence-corrected chi connectivity index (χ3v) is 6.23. The van der Waals surface area contributed by atoms with E-state index in [1.807, 2.05) is 10.4 Å². The molecule has 1 aromatic heterocycles. The van der Waals surface area contributed by atoms with Crippen molar-refractivity contribution in [1.29, 1.82) is 0 Å². The van der Waals surface area contributed by atoms with Crippen LogP contribution < -0.4 is 15.7 Å². The summed E-state index contributed by atoms with van der Waals surface area (Å²) in [6.45, 7) is 1.19. The summed E-state index contributed by atoms with van der Waals surface area (Å²) in [6, 6.07) is 4.07. The number of aromatic nitrogens is 1. The van der Waals surface area contributed by atoms with Crippen LogP contribution in [0.1, 0.15) is 22.5 Å². The number of rotatable bonds is 5. The summed E-state index contributed by atoms with van der Waals surface area (Å²) in [5, 5.41) is 12.7. The Kier molecular flexibility index (Phi) is 6.93. The molecule has 0 bridgehead atoms. The number of carbonyl (C=O) groups is 2. The molecule has 1 amide bonds. The Labute approximate surface area is 178 Å². The van der Waals surface area contributed by atoms with Gasteiger partial charge < -0.3 is 10.2 Å². The molecular formula is C18H19BrFN5O3S. The number of amidine groups is 1. The number of carbonyl (C=O) groups excluding carboxylic acids is 2. The van der Waals surface area contributed by atoms with Crippen molar-refractivity contribution in [3.8, 4) is 0 Å². The first-order valence-corrected chi connectivity index (χ1v) is 10.4. The van der Waals surface area contributed by atoms with Crippen molar-refractivity contribution >= 4 is 55.6 Å². The van der Waals surface area contributed by atoms with Gasteiger partial charge >= 0.3 is 0 Å². The molecule has 2 aromatic rings. The van der Waals surface area contributed by atoms with Gasteiger partial charge in [-0.25, -0.2) is 19.8 Å². The number of Topliss-reactive ketones (excluding diaryl/α,β-unsaturated/α-hetero) is 1. The lowest BCUT2D eigenvalue weighted by Gasteiger charge is -2.30. The summed E-state index contributed by atoms with van der Waals surface area (Å²) in [7, 11) is 1.57. The minimum Gasteiger partial charge on any atom is -0.354 e. The van der Waals surface area contributed by atoms with Crippen LogP contribution in [-0.4, -0.2) is 47.9 Å². The molecular weight excluding hydrogens is 465 g/mol. The highest BCUT2D eigenvalue weighted by Gasteiger charge is 2.29. The molecule has 1 aliphatic rings. The summed E-state index contributed by atoms with van der Waals surface area (Å²) in [4.78, 5) is 35.4. The highest BCUT2D eigenvalue weighted by molar-refractivity contribution is 9.10. The van der Waals surface area contributed by atoms with Gasteiger partial charge in [0.2, 0.25) is 5.78 Å². The number of nitrogens with one attached hydrogen (secondary N) is 2. The van der Waals surface area contributed by atoms with Crippen molar-refractivity contribution in [2.24, 2.45) is 10.9 Å². The van der Waals surface area contributed by atoms with E-state index in [2.05, 4.69) is 31.2 Å². The van der Waals surface area contributed by atoms with Gasteiger partial charge in [0.05, 0.1) is 16.4 Å². The first-order valence-electron chi connectivity index (χ1n) is 8.84. The average molecular weight is 484 g/mol. The molecule has 29 heavy (non-hydrogen) atoms. The SMILES string of the molecule is CNC(=O)c1cnc(N2CCC(C(=O)C(=Nc3ccc(F)c(Br)c3)NO)CC2)s1. The van der Waals surface area contributed by atoms with Crippen molar-refractivity contribution in [2.45, 2.75) is 12.8 Å². The highest BCUT2D eigenvalue weighted by Crippen LogP contribution is 2.28. The molecule has 11 heteroatoms. The zero-order chi connectivity index (χ0) is 21.0. The Morgan fingerprint density at radius 2 is 2.10 bits per heavy atom. The number of hydroxylamine groups is 1. The lowest BCUT2D eigenvalue weighted by Crippen LogP contribution is -2.41. The Morgan fingerprint density at radius 1 is 1.38 bits per heavy atom. The maximum atomic E-state index is 13.4. The molecule has 0 aliphatic carbocycles. The summed E-state index contributed by atoms with van der Waals surface area (Å²) < 4.78 is 13.6. The second-order valence-electron chi connectivity index (χ2n) is 6.38. The number of aliphatic imine (C=N–C) groups is 1. The Morgan fingerprint density at radius 3 is 2.72 bits per heavy atom. The van der Waals surface area contributed by atoms with Crippen LogP contribution >= 0.6 is 27.3 Å².